The van der Waals surface area contributed by atoms with E-state index in [0.29, 0.717) is 18.6 Å². The Labute approximate surface area is 173 Å². The van der Waals surface area contributed by atoms with Gasteiger partial charge >= 0.3 is 5.69 Å². The maximum Gasteiger partial charge on any atom is 0.330 e. The average Bonchev–Trinajstić information content (AvgIpc) is 3.08. The molecule has 6 nitrogen and oxygen atoms in total. The number of hydrogen-bond acceptors (Lipinski definition) is 4. The minimum absolute atomic E-state index is 0.0931. The minimum Gasteiger partial charge on any atom is -0.414 e. The fraction of sp³-hybridized carbons (Fsp3) is 0.545. The first-order chi connectivity index (χ1) is 13.5. The van der Waals surface area contributed by atoms with E-state index in [-0.39, 0.29) is 10.6 Å². The summed E-state index contributed by atoms with van der Waals surface area (Å²) in [4.78, 5) is 26.5. The molecule has 1 aliphatic heterocycles. The van der Waals surface area contributed by atoms with Crippen LogP contribution >= 0.6 is 0 Å². The smallest absolute Gasteiger partial charge is 0.330 e. The number of nitrogens with zero attached hydrogens (tertiary/aromatic N) is 1. The summed E-state index contributed by atoms with van der Waals surface area (Å²) in [5.74, 6) is 0. The van der Waals surface area contributed by atoms with Crippen molar-refractivity contribution in [3.63, 3.8) is 0 Å². The Hall–Kier alpha value is -1.96. The summed E-state index contributed by atoms with van der Waals surface area (Å²) >= 11 is 0. The summed E-state index contributed by atoms with van der Waals surface area (Å²) in [5, 5.41) is 0.0931. The molecule has 1 fully saturated rings. The van der Waals surface area contributed by atoms with E-state index in [0.717, 1.165) is 12.0 Å². The number of benzene rings is 1. The van der Waals surface area contributed by atoms with Crippen molar-refractivity contribution in [1.29, 1.82) is 0 Å². The first-order valence-electron chi connectivity index (χ1n) is 10.1. The third-order valence-corrected chi connectivity index (χ3v) is 10.9. The molecule has 29 heavy (non-hydrogen) atoms. The Kier molecular flexibility index (Phi) is 5.77. The second-order valence-electron chi connectivity index (χ2n) is 9.50. The fourth-order valence-corrected chi connectivity index (χ4v) is 4.42. The van der Waals surface area contributed by atoms with Crippen molar-refractivity contribution in [1.82, 2.24) is 9.55 Å². The Morgan fingerprint density at radius 3 is 2.52 bits per heavy atom. The number of nitrogens with one attached hydrogen (secondary N) is 1. The Morgan fingerprint density at radius 1 is 1.24 bits per heavy atom. The van der Waals surface area contributed by atoms with Gasteiger partial charge in [-0.25, -0.2) is 4.79 Å². The Morgan fingerprint density at radius 2 is 1.90 bits per heavy atom. The van der Waals surface area contributed by atoms with Gasteiger partial charge in [-0.1, -0.05) is 51.1 Å². The van der Waals surface area contributed by atoms with Crippen molar-refractivity contribution in [2.24, 2.45) is 0 Å². The van der Waals surface area contributed by atoms with Gasteiger partial charge in [0.05, 0.1) is 6.61 Å². The zero-order chi connectivity index (χ0) is 21.4. The van der Waals surface area contributed by atoms with Gasteiger partial charge in [0, 0.05) is 11.8 Å². The van der Waals surface area contributed by atoms with Crippen molar-refractivity contribution in [3.05, 3.63) is 68.5 Å². The standard InChI is InChI=1S/C22H32N2O4Si/c1-16-14-24(20(26)23-19(16)25)18-12-13-22(28-18,17-10-8-7-9-11-17)15-27-29(5,6)21(2,3)4/h7-11,14,18H,12-13,15H2,1-6H3,(H,23,25,26)/t18?,22-/m0/s1. The topological polar surface area (TPSA) is 73.3 Å². The largest absolute Gasteiger partial charge is 0.414 e. The van der Waals surface area contributed by atoms with Crippen LogP contribution in [0.2, 0.25) is 18.1 Å². The number of aromatic nitrogens is 2. The van der Waals surface area contributed by atoms with Crippen LogP contribution in [-0.4, -0.2) is 24.5 Å². The van der Waals surface area contributed by atoms with Crippen molar-refractivity contribution in [2.45, 2.75) is 70.5 Å². The van der Waals surface area contributed by atoms with Crippen LogP contribution in [-0.2, 0) is 14.8 Å². The first-order valence-corrected chi connectivity index (χ1v) is 13.1. The zero-order valence-electron chi connectivity index (χ0n) is 18.2. The third-order valence-electron chi connectivity index (χ3n) is 6.39. The van der Waals surface area contributed by atoms with Crippen molar-refractivity contribution in [2.75, 3.05) is 6.61 Å². The normalized spacial score (nSPS) is 22.8. The maximum absolute atomic E-state index is 12.4. The summed E-state index contributed by atoms with van der Waals surface area (Å²) in [6, 6.07) is 10.1. The lowest BCUT2D eigenvalue weighted by Crippen LogP contribution is -2.45. The van der Waals surface area contributed by atoms with E-state index in [2.05, 4.69) is 51.0 Å². The van der Waals surface area contributed by atoms with E-state index in [1.54, 1.807) is 13.1 Å². The van der Waals surface area contributed by atoms with Crippen LogP contribution in [0.15, 0.2) is 46.1 Å². The van der Waals surface area contributed by atoms with Crippen LogP contribution in [0, 0.1) is 6.92 Å². The molecule has 7 heteroatoms. The molecule has 2 atom stereocenters. The highest BCUT2D eigenvalue weighted by Gasteiger charge is 2.46. The van der Waals surface area contributed by atoms with E-state index in [9.17, 15) is 9.59 Å². The van der Waals surface area contributed by atoms with E-state index >= 15 is 0 Å². The summed E-state index contributed by atoms with van der Waals surface area (Å²) < 4.78 is 14.6. The van der Waals surface area contributed by atoms with E-state index < -0.39 is 25.8 Å². The van der Waals surface area contributed by atoms with Gasteiger partial charge in [-0.3, -0.25) is 14.3 Å². The number of H-pyrrole nitrogens is 1. The lowest BCUT2D eigenvalue weighted by molar-refractivity contribution is -0.102. The van der Waals surface area contributed by atoms with Gasteiger partial charge in [0.15, 0.2) is 8.32 Å². The van der Waals surface area contributed by atoms with Crippen molar-refractivity contribution in [3.8, 4) is 0 Å². The van der Waals surface area contributed by atoms with Gasteiger partial charge in [0.1, 0.15) is 11.8 Å². The summed E-state index contributed by atoms with van der Waals surface area (Å²) in [5.41, 5.74) is 0.114. The molecule has 1 N–H and O–H groups in total. The minimum atomic E-state index is -1.98. The molecule has 0 saturated carbocycles. The number of ether oxygens (including phenoxy) is 1. The molecular formula is C22H32N2O4Si. The van der Waals surface area contributed by atoms with Crippen LogP contribution in [0.1, 0.15) is 51.0 Å². The number of aromatic amines is 1. The summed E-state index contributed by atoms with van der Waals surface area (Å²) in [6.45, 7) is 13.2. The van der Waals surface area contributed by atoms with Gasteiger partial charge in [0.25, 0.3) is 5.56 Å². The summed E-state index contributed by atoms with van der Waals surface area (Å²) in [6.07, 6.45) is 2.55. The Balaban J connectivity index is 1.94. The second-order valence-corrected chi connectivity index (χ2v) is 14.3. The molecular weight excluding hydrogens is 384 g/mol. The van der Waals surface area contributed by atoms with Crippen LogP contribution < -0.4 is 11.2 Å². The van der Waals surface area contributed by atoms with Gasteiger partial charge < -0.3 is 9.16 Å². The number of hydrogen-bond donors (Lipinski definition) is 1. The predicted octanol–water partition coefficient (Wildman–Crippen LogP) is 4.07. The predicted molar refractivity (Wildman–Crippen MR) is 117 cm³/mol. The fourth-order valence-electron chi connectivity index (χ4n) is 3.39. The molecule has 1 aromatic heterocycles. The zero-order valence-corrected chi connectivity index (χ0v) is 19.2. The molecule has 3 rings (SSSR count). The van der Waals surface area contributed by atoms with Crippen LogP contribution in [0.4, 0.5) is 0 Å². The average molecular weight is 417 g/mol. The molecule has 1 saturated heterocycles. The number of rotatable bonds is 5. The van der Waals surface area contributed by atoms with Gasteiger partial charge in [0.2, 0.25) is 0 Å². The van der Waals surface area contributed by atoms with Crippen molar-refractivity contribution >= 4 is 8.32 Å². The quantitative estimate of drug-likeness (QED) is 0.746. The van der Waals surface area contributed by atoms with Crippen LogP contribution in [0.5, 0.6) is 0 Å². The first kappa shape index (κ1) is 21.7. The van der Waals surface area contributed by atoms with E-state index in [4.69, 9.17) is 9.16 Å². The van der Waals surface area contributed by atoms with Gasteiger partial charge in [-0.15, -0.1) is 0 Å². The lowest BCUT2D eigenvalue weighted by atomic mass is 9.92. The van der Waals surface area contributed by atoms with Crippen molar-refractivity contribution < 1.29 is 9.16 Å². The third kappa shape index (κ3) is 4.32. The highest BCUT2D eigenvalue weighted by molar-refractivity contribution is 6.74. The highest BCUT2D eigenvalue weighted by Crippen LogP contribution is 2.45. The van der Waals surface area contributed by atoms with E-state index in [1.807, 2.05) is 18.2 Å². The lowest BCUT2D eigenvalue weighted by Gasteiger charge is -2.40. The van der Waals surface area contributed by atoms with Gasteiger partial charge in [-0.2, -0.15) is 0 Å². The summed E-state index contributed by atoms with van der Waals surface area (Å²) in [7, 11) is -1.98. The highest BCUT2D eigenvalue weighted by atomic mass is 28.4. The molecule has 0 bridgehead atoms. The molecule has 158 valence electrons. The van der Waals surface area contributed by atoms with E-state index in [1.165, 1.54) is 4.57 Å². The molecule has 1 unspecified atom stereocenters. The molecule has 0 spiro atoms. The van der Waals surface area contributed by atoms with Crippen LogP contribution in [0.3, 0.4) is 0 Å². The molecule has 0 aliphatic carbocycles. The molecule has 0 radical (unpaired) electrons. The molecule has 1 aromatic carbocycles. The molecule has 1 aliphatic rings. The van der Waals surface area contributed by atoms with Gasteiger partial charge in [-0.05, 0) is 43.5 Å². The number of aryl methyl sites for hydroxylation is 1. The molecule has 2 aromatic rings. The van der Waals surface area contributed by atoms with Crippen LogP contribution in [0.25, 0.3) is 0 Å². The monoisotopic (exact) mass is 416 g/mol. The second kappa shape index (κ2) is 7.70. The molecule has 0 amide bonds. The SMILES string of the molecule is Cc1cn(C2CC[C@](CO[Si](C)(C)C(C)(C)C)(c3ccccc3)O2)c(=O)[nH]c1=O. The Bertz CT molecular complexity index is 975. The molecule has 2 heterocycles. The maximum atomic E-state index is 12.4.